The van der Waals surface area contributed by atoms with Gasteiger partial charge in [-0.1, -0.05) is 6.07 Å². The van der Waals surface area contributed by atoms with Crippen molar-refractivity contribution >= 4 is 21.6 Å². The first-order valence-corrected chi connectivity index (χ1v) is 10.2. The van der Waals surface area contributed by atoms with E-state index in [0.717, 1.165) is 5.56 Å². The first-order valence-electron chi connectivity index (χ1n) is 8.73. The van der Waals surface area contributed by atoms with E-state index in [1.54, 1.807) is 31.3 Å². The maximum Gasteiger partial charge on any atom is 0.243 e. The predicted octanol–water partition coefficient (Wildman–Crippen LogP) is 2.50. The Kier molecular flexibility index (Phi) is 5.48. The molecule has 1 aliphatic rings. The molecule has 0 saturated carbocycles. The Morgan fingerprint density at radius 3 is 2.67 bits per heavy atom. The number of sulfonamides is 1. The molecule has 0 radical (unpaired) electrons. The number of hydrogen-bond donors (Lipinski definition) is 1. The monoisotopic (exact) mass is 389 g/mol. The van der Waals surface area contributed by atoms with Crippen molar-refractivity contribution in [2.24, 2.45) is 0 Å². The minimum absolute atomic E-state index is 0.200. The summed E-state index contributed by atoms with van der Waals surface area (Å²) in [6, 6.07) is 8.49. The number of carbonyl (C=O) groups is 1. The number of amides is 1. The summed E-state index contributed by atoms with van der Waals surface area (Å²) < 4.78 is 33.3. The Balaban J connectivity index is 1.72. The molecule has 1 saturated heterocycles. The molecule has 144 valence electrons. The van der Waals surface area contributed by atoms with Crippen LogP contribution in [0.1, 0.15) is 24.5 Å². The van der Waals surface area contributed by atoms with Gasteiger partial charge in [-0.3, -0.25) is 4.79 Å². The zero-order chi connectivity index (χ0) is 19.6. The number of aryl methyl sites for hydroxylation is 2. The maximum atomic E-state index is 13.0. The zero-order valence-electron chi connectivity index (χ0n) is 15.6. The van der Waals surface area contributed by atoms with E-state index in [4.69, 9.17) is 4.74 Å². The third-order valence-corrected chi connectivity index (χ3v) is 6.42. The SMILES string of the molecule is CC(=O)Nc1ccc(S(=O)(=O)N2CCC(Oc3ccc(C)cn3)C2)c(C)c1. The van der Waals surface area contributed by atoms with Crippen molar-refractivity contribution in [1.29, 1.82) is 0 Å². The van der Waals surface area contributed by atoms with Crippen LogP contribution in [0.3, 0.4) is 0 Å². The van der Waals surface area contributed by atoms with Crippen LogP contribution in [0.5, 0.6) is 5.88 Å². The van der Waals surface area contributed by atoms with E-state index in [2.05, 4.69) is 10.3 Å². The quantitative estimate of drug-likeness (QED) is 0.849. The minimum atomic E-state index is -3.63. The molecular formula is C19H23N3O4S. The second-order valence-corrected chi connectivity index (χ2v) is 8.63. The number of aromatic nitrogens is 1. The maximum absolute atomic E-state index is 13.0. The second-order valence-electron chi connectivity index (χ2n) is 6.73. The number of pyridine rings is 1. The molecular weight excluding hydrogens is 366 g/mol. The van der Waals surface area contributed by atoms with Gasteiger partial charge < -0.3 is 10.1 Å². The fraction of sp³-hybridized carbons (Fsp3) is 0.368. The van der Waals surface area contributed by atoms with Gasteiger partial charge in [0.1, 0.15) is 6.10 Å². The fourth-order valence-electron chi connectivity index (χ4n) is 3.07. The fourth-order valence-corrected chi connectivity index (χ4v) is 4.76. The Morgan fingerprint density at radius 2 is 2.04 bits per heavy atom. The van der Waals surface area contributed by atoms with Crippen LogP contribution in [0.4, 0.5) is 5.69 Å². The Morgan fingerprint density at radius 1 is 1.26 bits per heavy atom. The summed E-state index contributed by atoms with van der Waals surface area (Å²) in [7, 11) is -3.63. The Hall–Kier alpha value is -2.45. The summed E-state index contributed by atoms with van der Waals surface area (Å²) in [5.41, 5.74) is 2.20. The summed E-state index contributed by atoms with van der Waals surface area (Å²) >= 11 is 0. The highest BCUT2D eigenvalue weighted by Gasteiger charge is 2.34. The molecule has 1 atom stereocenters. The molecule has 0 aliphatic carbocycles. The minimum Gasteiger partial charge on any atom is -0.473 e. The van der Waals surface area contributed by atoms with E-state index < -0.39 is 10.0 Å². The topological polar surface area (TPSA) is 88.6 Å². The predicted molar refractivity (Wildman–Crippen MR) is 102 cm³/mol. The van der Waals surface area contributed by atoms with Crippen LogP contribution >= 0.6 is 0 Å². The first kappa shape index (κ1) is 19.3. The first-order chi connectivity index (χ1) is 12.8. The van der Waals surface area contributed by atoms with Crippen molar-refractivity contribution in [3.63, 3.8) is 0 Å². The summed E-state index contributed by atoms with van der Waals surface area (Å²) in [5, 5.41) is 2.66. The highest BCUT2D eigenvalue weighted by atomic mass is 32.2. The molecule has 8 heteroatoms. The average Bonchev–Trinajstić information content (AvgIpc) is 3.05. The van der Waals surface area contributed by atoms with E-state index in [0.29, 0.717) is 30.1 Å². The van der Waals surface area contributed by atoms with Crippen LogP contribution < -0.4 is 10.1 Å². The summed E-state index contributed by atoms with van der Waals surface area (Å²) in [4.78, 5) is 15.6. The lowest BCUT2D eigenvalue weighted by Gasteiger charge is -2.19. The number of anilines is 1. The number of benzene rings is 1. The molecule has 1 amide bonds. The number of ether oxygens (including phenoxy) is 1. The lowest BCUT2D eigenvalue weighted by Crippen LogP contribution is -2.31. The van der Waals surface area contributed by atoms with E-state index >= 15 is 0 Å². The van der Waals surface area contributed by atoms with Crippen molar-refractivity contribution in [2.75, 3.05) is 18.4 Å². The smallest absolute Gasteiger partial charge is 0.243 e. The molecule has 2 aromatic rings. The van der Waals surface area contributed by atoms with E-state index in [-0.39, 0.29) is 23.5 Å². The molecule has 3 rings (SSSR count). The normalized spacial score (nSPS) is 17.7. The molecule has 0 bridgehead atoms. The number of nitrogens with one attached hydrogen (secondary N) is 1. The van der Waals surface area contributed by atoms with Gasteiger partial charge in [-0.05, 0) is 49.6 Å². The van der Waals surface area contributed by atoms with Crippen LogP contribution in [0.25, 0.3) is 0 Å². The van der Waals surface area contributed by atoms with Gasteiger partial charge in [0.2, 0.25) is 21.8 Å². The van der Waals surface area contributed by atoms with Gasteiger partial charge in [-0.15, -0.1) is 0 Å². The highest BCUT2D eigenvalue weighted by Crippen LogP contribution is 2.27. The summed E-state index contributed by atoms with van der Waals surface area (Å²) in [6.45, 7) is 5.75. The second kappa shape index (κ2) is 7.66. The van der Waals surface area contributed by atoms with Gasteiger partial charge in [0.05, 0.1) is 11.4 Å². The van der Waals surface area contributed by atoms with Crippen molar-refractivity contribution in [1.82, 2.24) is 9.29 Å². The highest BCUT2D eigenvalue weighted by molar-refractivity contribution is 7.89. The van der Waals surface area contributed by atoms with E-state index in [1.165, 1.54) is 17.3 Å². The van der Waals surface area contributed by atoms with E-state index in [9.17, 15) is 13.2 Å². The van der Waals surface area contributed by atoms with Gasteiger partial charge in [0.15, 0.2) is 0 Å². The molecule has 1 fully saturated rings. The molecule has 1 aromatic carbocycles. The molecule has 1 aliphatic heterocycles. The number of nitrogens with zero attached hydrogens (tertiary/aromatic N) is 2. The number of hydrogen-bond acceptors (Lipinski definition) is 5. The Labute approximate surface area is 159 Å². The van der Waals surface area contributed by atoms with Gasteiger partial charge >= 0.3 is 0 Å². The number of carbonyl (C=O) groups excluding carboxylic acids is 1. The van der Waals surface area contributed by atoms with Crippen LogP contribution in [-0.4, -0.2) is 42.8 Å². The van der Waals surface area contributed by atoms with E-state index in [1.807, 2.05) is 13.0 Å². The third kappa shape index (κ3) is 4.45. The van der Waals surface area contributed by atoms with Crippen LogP contribution in [-0.2, 0) is 14.8 Å². The average molecular weight is 389 g/mol. The lowest BCUT2D eigenvalue weighted by atomic mass is 10.2. The molecule has 7 nitrogen and oxygen atoms in total. The van der Waals surface area contributed by atoms with Crippen molar-refractivity contribution in [3.8, 4) is 5.88 Å². The van der Waals surface area contributed by atoms with Gasteiger partial charge in [-0.2, -0.15) is 4.31 Å². The summed E-state index contributed by atoms with van der Waals surface area (Å²) in [5.74, 6) is 0.301. The van der Waals surface area contributed by atoms with Crippen molar-refractivity contribution in [3.05, 3.63) is 47.7 Å². The largest absolute Gasteiger partial charge is 0.473 e. The van der Waals surface area contributed by atoms with Crippen LogP contribution in [0.15, 0.2) is 41.4 Å². The van der Waals surface area contributed by atoms with Crippen LogP contribution in [0, 0.1) is 13.8 Å². The molecule has 0 spiro atoms. The standard InChI is InChI=1S/C19H23N3O4S/c1-13-4-7-19(20-11-13)26-17-8-9-22(12-17)27(24,25)18-6-5-16(10-14(18)2)21-15(3)23/h4-7,10-11,17H,8-9,12H2,1-3H3,(H,21,23). The molecule has 1 N–H and O–H groups in total. The third-order valence-electron chi connectivity index (χ3n) is 4.39. The van der Waals surface area contributed by atoms with Gasteiger partial charge in [0.25, 0.3) is 0 Å². The van der Waals surface area contributed by atoms with Gasteiger partial charge in [-0.25, -0.2) is 13.4 Å². The number of rotatable bonds is 5. The van der Waals surface area contributed by atoms with Crippen molar-refractivity contribution < 1.29 is 17.9 Å². The lowest BCUT2D eigenvalue weighted by molar-refractivity contribution is -0.114. The molecule has 27 heavy (non-hydrogen) atoms. The van der Waals surface area contributed by atoms with Crippen molar-refractivity contribution in [2.45, 2.75) is 38.2 Å². The van der Waals surface area contributed by atoms with Crippen LogP contribution in [0.2, 0.25) is 0 Å². The molecule has 1 aromatic heterocycles. The zero-order valence-corrected chi connectivity index (χ0v) is 16.4. The molecule has 2 heterocycles. The Bertz CT molecular complexity index is 942. The summed E-state index contributed by atoms with van der Waals surface area (Å²) in [6.07, 6.45) is 2.10. The van der Waals surface area contributed by atoms with Gasteiger partial charge in [0, 0.05) is 31.4 Å². The molecule has 1 unspecified atom stereocenters.